The summed E-state index contributed by atoms with van der Waals surface area (Å²) >= 11 is 3.39. The molecule has 0 saturated carbocycles. The predicted molar refractivity (Wildman–Crippen MR) is 97.4 cm³/mol. The zero-order chi connectivity index (χ0) is 17.6. The molecule has 0 unspecified atom stereocenters. The zero-order valence-electron chi connectivity index (χ0n) is 13.1. The van der Waals surface area contributed by atoms with E-state index in [9.17, 15) is 9.90 Å². The Morgan fingerprint density at radius 1 is 1.20 bits per heavy atom. The lowest BCUT2D eigenvalue weighted by Crippen LogP contribution is -2.09. The van der Waals surface area contributed by atoms with E-state index in [-0.39, 0.29) is 17.2 Å². The standard InChI is InChI=1S/C18H12BrN3O3/c1-9-5-6-13-12(7-9)15(23)14(17(24)20-13)18-21-16(22-25-18)10-3-2-4-11(19)8-10/h2-8H,1H3,(H2,20,23,24). The van der Waals surface area contributed by atoms with E-state index in [4.69, 9.17) is 4.52 Å². The Hall–Kier alpha value is -2.93. The summed E-state index contributed by atoms with van der Waals surface area (Å²) in [5.74, 6) is 0.128. The first kappa shape index (κ1) is 15.6. The average Bonchev–Trinajstić information content (AvgIpc) is 3.05. The minimum Gasteiger partial charge on any atom is -0.506 e. The van der Waals surface area contributed by atoms with Gasteiger partial charge in [-0.05, 0) is 31.2 Å². The topological polar surface area (TPSA) is 92.0 Å². The first-order valence-electron chi connectivity index (χ1n) is 7.48. The van der Waals surface area contributed by atoms with Gasteiger partial charge in [0.1, 0.15) is 11.3 Å². The Labute approximate surface area is 150 Å². The maximum Gasteiger partial charge on any atom is 0.267 e. The molecule has 124 valence electrons. The number of hydrogen-bond donors (Lipinski definition) is 2. The van der Waals surface area contributed by atoms with Gasteiger partial charge in [0.15, 0.2) is 0 Å². The molecule has 4 aromatic rings. The maximum absolute atomic E-state index is 12.4. The van der Waals surface area contributed by atoms with Crippen molar-refractivity contribution in [1.82, 2.24) is 15.1 Å². The minimum absolute atomic E-state index is 0.0304. The molecule has 0 spiro atoms. The van der Waals surface area contributed by atoms with Gasteiger partial charge in [0.25, 0.3) is 11.4 Å². The normalized spacial score (nSPS) is 11.1. The number of benzene rings is 2. The van der Waals surface area contributed by atoms with E-state index in [1.807, 2.05) is 37.3 Å². The Bertz CT molecular complexity index is 1160. The van der Waals surface area contributed by atoms with Crippen LogP contribution in [0.25, 0.3) is 33.7 Å². The van der Waals surface area contributed by atoms with Gasteiger partial charge in [0.05, 0.1) is 5.52 Å². The number of halogens is 1. The summed E-state index contributed by atoms with van der Waals surface area (Å²) in [5, 5.41) is 15.0. The van der Waals surface area contributed by atoms with E-state index in [0.717, 1.165) is 15.6 Å². The molecule has 0 fully saturated rings. The van der Waals surface area contributed by atoms with E-state index in [1.54, 1.807) is 12.1 Å². The highest BCUT2D eigenvalue weighted by molar-refractivity contribution is 9.10. The molecule has 0 aliphatic rings. The number of aromatic hydroxyl groups is 1. The number of aromatic amines is 1. The van der Waals surface area contributed by atoms with E-state index in [0.29, 0.717) is 16.7 Å². The summed E-state index contributed by atoms with van der Waals surface area (Å²) in [5.41, 5.74) is 1.71. The van der Waals surface area contributed by atoms with Crippen molar-refractivity contribution >= 4 is 26.8 Å². The van der Waals surface area contributed by atoms with Crippen LogP contribution in [-0.2, 0) is 0 Å². The van der Waals surface area contributed by atoms with Gasteiger partial charge in [-0.2, -0.15) is 4.98 Å². The van der Waals surface area contributed by atoms with Crippen LogP contribution in [0.5, 0.6) is 5.75 Å². The summed E-state index contributed by atoms with van der Waals surface area (Å²) in [6.45, 7) is 1.90. The lowest BCUT2D eigenvalue weighted by molar-refractivity contribution is 0.426. The first-order chi connectivity index (χ1) is 12.0. The van der Waals surface area contributed by atoms with Gasteiger partial charge in [0.2, 0.25) is 5.82 Å². The van der Waals surface area contributed by atoms with Crippen molar-refractivity contribution in [2.45, 2.75) is 6.92 Å². The Morgan fingerprint density at radius 2 is 2.04 bits per heavy atom. The number of hydrogen-bond acceptors (Lipinski definition) is 5. The number of nitrogens with zero attached hydrogens (tertiary/aromatic N) is 2. The minimum atomic E-state index is -0.488. The quantitative estimate of drug-likeness (QED) is 0.532. The van der Waals surface area contributed by atoms with Gasteiger partial charge in [0, 0.05) is 15.4 Å². The van der Waals surface area contributed by atoms with Gasteiger partial charge in [-0.15, -0.1) is 0 Å². The number of pyridine rings is 1. The third-order valence-corrected chi connectivity index (χ3v) is 4.36. The molecule has 0 aliphatic heterocycles. The van der Waals surface area contributed by atoms with Gasteiger partial charge in [-0.1, -0.05) is 44.8 Å². The maximum atomic E-state index is 12.4. The number of nitrogens with one attached hydrogen (secondary N) is 1. The van der Waals surface area contributed by atoms with Gasteiger partial charge in [-0.25, -0.2) is 0 Å². The second-order valence-corrected chi connectivity index (χ2v) is 6.58. The number of fused-ring (bicyclic) bond motifs is 1. The number of aromatic nitrogens is 3. The smallest absolute Gasteiger partial charge is 0.267 e. The molecule has 0 bridgehead atoms. The molecule has 0 saturated heterocycles. The van der Waals surface area contributed by atoms with E-state index in [2.05, 4.69) is 31.1 Å². The Balaban J connectivity index is 1.89. The first-order valence-corrected chi connectivity index (χ1v) is 8.28. The van der Waals surface area contributed by atoms with Crippen LogP contribution in [0.4, 0.5) is 0 Å². The number of H-pyrrole nitrogens is 1. The molecule has 2 aromatic heterocycles. The number of rotatable bonds is 2. The molecule has 25 heavy (non-hydrogen) atoms. The fourth-order valence-electron chi connectivity index (χ4n) is 2.66. The van der Waals surface area contributed by atoms with Crippen LogP contribution >= 0.6 is 15.9 Å². The van der Waals surface area contributed by atoms with Crippen molar-refractivity contribution in [2.24, 2.45) is 0 Å². The Morgan fingerprint density at radius 3 is 2.84 bits per heavy atom. The Kier molecular flexibility index (Phi) is 3.65. The molecular weight excluding hydrogens is 386 g/mol. The fourth-order valence-corrected chi connectivity index (χ4v) is 3.06. The highest BCUT2D eigenvalue weighted by Gasteiger charge is 2.20. The summed E-state index contributed by atoms with van der Waals surface area (Å²) in [6, 6.07) is 12.8. The fraction of sp³-hybridized carbons (Fsp3) is 0.0556. The SMILES string of the molecule is Cc1ccc2[nH]c(=O)c(-c3nc(-c4cccc(Br)c4)no3)c(O)c2c1. The molecule has 0 amide bonds. The third kappa shape index (κ3) is 2.72. The summed E-state index contributed by atoms with van der Waals surface area (Å²) in [7, 11) is 0. The van der Waals surface area contributed by atoms with Crippen molar-refractivity contribution in [3.8, 4) is 28.6 Å². The van der Waals surface area contributed by atoms with Gasteiger partial charge < -0.3 is 14.6 Å². The third-order valence-electron chi connectivity index (χ3n) is 3.86. The van der Waals surface area contributed by atoms with Crippen molar-refractivity contribution in [2.75, 3.05) is 0 Å². The van der Waals surface area contributed by atoms with Crippen molar-refractivity contribution in [3.05, 3.63) is 62.9 Å². The van der Waals surface area contributed by atoms with Crippen molar-refractivity contribution in [1.29, 1.82) is 0 Å². The average molecular weight is 398 g/mol. The van der Waals surface area contributed by atoms with Gasteiger partial charge >= 0.3 is 0 Å². The van der Waals surface area contributed by atoms with E-state index < -0.39 is 5.56 Å². The largest absolute Gasteiger partial charge is 0.506 e. The molecule has 2 N–H and O–H groups in total. The second kappa shape index (κ2) is 5.86. The molecule has 7 heteroatoms. The van der Waals surface area contributed by atoms with Crippen LogP contribution in [0.2, 0.25) is 0 Å². The van der Waals surface area contributed by atoms with E-state index >= 15 is 0 Å². The van der Waals surface area contributed by atoms with Gasteiger partial charge in [-0.3, -0.25) is 4.79 Å². The molecule has 4 rings (SSSR count). The van der Waals surface area contributed by atoms with E-state index in [1.165, 1.54) is 0 Å². The van der Waals surface area contributed by atoms with Crippen molar-refractivity contribution in [3.63, 3.8) is 0 Å². The predicted octanol–water partition coefficient (Wildman–Crippen LogP) is 4.02. The molecule has 2 heterocycles. The molecule has 6 nitrogen and oxygen atoms in total. The van der Waals surface area contributed by atoms with Crippen LogP contribution in [-0.4, -0.2) is 20.2 Å². The summed E-state index contributed by atoms with van der Waals surface area (Å²) in [4.78, 5) is 19.4. The molecule has 0 aliphatic carbocycles. The van der Waals surface area contributed by atoms with Crippen LogP contribution in [0.3, 0.4) is 0 Å². The van der Waals surface area contributed by atoms with Crippen LogP contribution in [0, 0.1) is 6.92 Å². The van der Waals surface area contributed by atoms with Crippen molar-refractivity contribution < 1.29 is 9.63 Å². The van der Waals surface area contributed by atoms with Crippen LogP contribution in [0.15, 0.2) is 56.3 Å². The molecule has 0 atom stereocenters. The lowest BCUT2D eigenvalue weighted by atomic mass is 10.1. The van der Waals surface area contributed by atoms with Crippen LogP contribution < -0.4 is 5.56 Å². The number of aryl methyl sites for hydroxylation is 1. The second-order valence-electron chi connectivity index (χ2n) is 5.66. The monoisotopic (exact) mass is 397 g/mol. The molecule has 0 radical (unpaired) electrons. The lowest BCUT2D eigenvalue weighted by Gasteiger charge is -2.05. The highest BCUT2D eigenvalue weighted by atomic mass is 79.9. The summed E-state index contributed by atoms with van der Waals surface area (Å²) < 4.78 is 6.10. The zero-order valence-corrected chi connectivity index (χ0v) is 14.7. The summed E-state index contributed by atoms with van der Waals surface area (Å²) in [6.07, 6.45) is 0. The highest BCUT2D eigenvalue weighted by Crippen LogP contribution is 2.32. The van der Waals surface area contributed by atoms with Crippen LogP contribution in [0.1, 0.15) is 5.56 Å². The molecular formula is C18H12BrN3O3. The molecule has 2 aromatic carbocycles.